The average Bonchev–Trinajstić information content (AvgIpc) is 2.09. The van der Waals surface area contributed by atoms with Gasteiger partial charge >= 0.3 is 0 Å². The highest BCUT2D eigenvalue weighted by molar-refractivity contribution is 9.10. The summed E-state index contributed by atoms with van der Waals surface area (Å²) in [7, 11) is -3.05. The van der Waals surface area contributed by atoms with Crippen LogP contribution in [0.4, 0.5) is 4.39 Å². The first-order valence-corrected chi connectivity index (χ1v) is 6.99. The van der Waals surface area contributed by atoms with Crippen LogP contribution >= 0.6 is 15.9 Å². The summed E-state index contributed by atoms with van der Waals surface area (Å²) >= 11 is 3.17. The first-order valence-electron chi connectivity index (χ1n) is 4.14. The second-order valence-corrected chi connectivity index (χ2v) is 6.17. The molecule has 0 spiro atoms. The van der Waals surface area contributed by atoms with Gasteiger partial charge in [-0.25, -0.2) is 12.8 Å². The molecule has 0 unspecified atom stereocenters. The Morgan fingerprint density at radius 3 is 2.73 bits per heavy atom. The van der Waals surface area contributed by atoms with Crippen molar-refractivity contribution in [3.05, 3.63) is 28.5 Å². The zero-order valence-corrected chi connectivity index (χ0v) is 10.4. The van der Waals surface area contributed by atoms with Gasteiger partial charge in [0.2, 0.25) is 0 Å². The molecule has 0 aliphatic carbocycles. The summed E-state index contributed by atoms with van der Waals surface area (Å²) in [5, 5.41) is 0. The van der Waals surface area contributed by atoms with Gasteiger partial charge in [-0.1, -0.05) is 0 Å². The van der Waals surface area contributed by atoms with E-state index in [-0.39, 0.29) is 12.4 Å². The monoisotopic (exact) mass is 296 g/mol. The maximum absolute atomic E-state index is 12.8. The number of ether oxygens (including phenoxy) is 1. The highest BCUT2D eigenvalue weighted by Crippen LogP contribution is 2.25. The fourth-order valence-electron chi connectivity index (χ4n) is 0.891. The molecule has 0 atom stereocenters. The molecule has 0 N–H and O–H groups in total. The Labute approximate surface area is 96.3 Å². The predicted octanol–water partition coefficient (Wildman–Crippen LogP) is 2.01. The van der Waals surface area contributed by atoms with E-state index < -0.39 is 15.7 Å². The van der Waals surface area contributed by atoms with Gasteiger partial charge in [-0.05, 0) is 28.1 Å². The van der Waals surface area contributed by atoms with E-state index in [1.165, 1.54) is 18.2 Å². The summed E-state index contributed by atoms with van der Waals surface area (Å²) < 4.78 is 40.1. The quantitative estimate of drug-likeness (QED) is 0.854. The molecule has 1 aromatic rings. The molecule has 0 aliphatic rings. The molecule has 0 bridgehead atoms. The van der Waals surface area contributed by atoms with E-state index in [9.17, 15) is 12.8 Å². The van der Waals surface area contributed by atoms with Gasteiger partial charge in [0.15, 0.2) is 9.84 Å². The lowest BCUT2D eigenvalue weighted by Crippen LogP contribution is -2.12. The molecular weight excluding hydrogens is 287 g/mol. The third-order valence-corrected chi connectivity index (χ3v) is 3.17. The highest BCUT2D eigenvalue weighted by Gasteiger charge is 2.05. The van der Waals surface area contributed by atoms with Gasteiger partial charge in [0.25, 0.3) is 0 Å². The van der Waals surface area contributed by atoms with Crippen molar-refractivity contribution in [1.82, 2.24) is 0 Å². The van der Waals surface area contributed by atoms with Crippen LogP contribution in [-0.4, -0.2) is 27.0 Å². The zero-order chi connectivity index (χ0) is 11.5. The second-order valence-electron chi connectivity index (χ2n) is 3.05. The van der Waals surface area contributed by atoms with Crippen molar-refractivity contribution in [3.8, 4) is 5.75 Å². The smallest absolute Gasteiger partial charge is 0.150 e. The van der Waals surface area contributed by atoms with Gasteiger partial charge in [-0.2, -0.15) is 0 Å². The highest BCUT2D eigenvalue weighted by atomic mass is 79.9. The Morgan fingerprint density at radius 1 is 1.47 bits per heavy atom. The molecule has 0 saturated heterocycles. The topological polar surface area (TPSA) is 43.4 Å². The molecule has 0 aliphatic heterocycles. The standard InChI is InChI=1S/C9H10BrFO3S/c1-15(12,13)5-4-14-9-6-7(11)2-3-8(9)10/h2-3,6H,4-5H2,1H3. The summed E-state index contributed by atoms with van der Waals surface area (Å²) in [6.45, 7) is 0.0148. The Bertz CT molecular complexity index is 445. The van der Waals surface area contributed by atoms with Crippen LogP contribution in [0.3, 0.4) is 0 Å². The first kappa shape index (κ1) is 12.4. The molecular formula is C9H10BrFO3S. The number of sulfone groups is 1. The lowest BCUT2D eigenvalue weighted by Gasteiger charge is -2.07. The van der Waals surface area contributed by atoms with Crippen molar-refractivity contribution in [2.45, 2.75) is 0 Å². The zero-order valence-electron chi connectivity index (χ0n) is 8.04. The summed E-state index contributed by atoms with van der Waals surface area (Å²) in [6, 6.07) is 3.99. The molecule has 6 heteroatoms. The minimum atomic E-state index is -3.05. The van der Waals surface area contributed by atoms with E-state index >= 15 is 0 Å². The number of rotatable bonds is 4. The van der Waals surface area contributed by atoms with E-state index in [1.54, 1.807) is 0 Å². The molecule has 15 heavy (non-hydrogen) atoms. The number of hydrogen-bond donors (Lipinski definition) is 0. The third kappa shape index (κ3) is 4.61. The third-order valence-electron chi connectivity index (χ3n) is 1.60. The fraction of sp³-hybridized carbons (Fsp3) is 0.333. The van der Waals surface area contributed by atoms with Crippen LogP contribution in [0.25, 0.3) is 0 Å². The Morgan fingerprint density at radius 2 is 2.13 bits per heavy atom. The van der Waals surface area contributed by atoms with Crippen LogP contribution in [0.5, 0.6) is 5.75 Å². The van der Waals surface area contributed by atoms with Gasteiger partial charge in [-0.15, -0.1) is 0 Å². The van der Waals surface area contributed by atoms with Crippen molar-refractivity contribution in [2.75, 3.05) is 18.6 Å². The maximum atomic E-state index is 12.8. The molecule has 0 aromatic heterocycles. The lowest BCUT2D eigenvalue weighted by atomic mass is 10.3. The van der Waals surface area contributed by atoms with Gasteiger partial charge < -0.3 is 4.74 Å². The minimum Gasteiger partial charge on any atom is -0.491 e. The molecule has 0 radical (unpaired) electrons. The molecule has 3 nitrogen and oxygen atoms in total. The average molecular weight is 297 g/mol. The van der Waals surface area contributed by atoms with Gasteiger partial charge in [0.1, 0.15) is 18.2 Å². The van der Waals surface area contributed by atoms with Crippen LogP contribution in [0.15, 0.2) is 22.7 Å². The molecule has 1 rings (SSSR count). The molecule has 0 fully saturated rings. The second kappa shape index (κ2) is 4.94. The van der Waals surface area contributed by atoms with Crippen molar-refractivity contribution in [1.29, 1.82) is 0 Å². The molecule has 1 aromatic carbocycles. The summed E-state index contributed by atoms with van der Waals surface area (Å²) in [5.74, 6) is -0.207. The molecule has 0 amide bonds. The van der Waals surface area contributed by atoms with Crippen LogP contribution in [0.2, 0.25) is 0 Å². The van der Waals surface area contributed by atoms with E-state index in [0.29, 0.717) is 10.2 Å². The van der Waals surface area contributed by atoms with Crippen LogP contribution in [0, 0.1) is 5.82 Å². The van der Waals surface area contributed by atoms with Crippen molar-refractivity contribution in [2.24, 2.45) is 0 Å². The van der Waals surface area contributed by atoms with Crippen LogP contribution in [0.1, 0.15) is 0 Å². The molecule has 0 heterocycles. The number of hydrogen-bond acceptors (Lipinski definition) is 3. The summed E-state index contributed by atoms with van der Waals surface area (Å²) in [4.78, 5) is 0. The number of benzene rings is 1. The Balaban J connectivity index is 2.61. The van der Waals surface area contributed by atoms with E-state index in [4.69, 9.17) is 4.74 Å². The van der Waals surface area contributed by atoms with Gasteiger partial charge in [0, 0.05) is 12.3 Å². The van der Waals surface area contributed by atoms with Crippen LogP contribution in [-0.2, 0) is 9.84 Å². The number of halogens is 2. The largest absolute Gasteiger partial charge is 0.491 e. The van der Waals surface area contributed by atoms with Crippen molar-refractivity contribution >= 4 is 25.8 Å². The lowest BCUT2D eigenvalue weighted by molar-refractivity contribution is 0.337. The molecule has 0 saturated carbocycles. The van der Waals surface area contributed by atoms with E-state index in [1.807, 2.05) is 0 Å². The summed E-state index contributed by atoms with van der Waals surface area (Å²) in [6.07, 6.45) is 1.12. The van der Waals surface area contributed by atoms with Gasteiger partial charge in [-0.3, -0.25) is 0 Å². The predicted molar refractivity (Wildman–Crippen MR) is 59.3 cm³/mol. The van der Waals surface area contributed by atoms with Crippen molar-refractivity contribution < 1.29 is 17.5 Å². The van der Waals surface area contributed by atoms with Crippen LogP contribution < -0.4 is 4.74 Å². The Kier molecular flexibility index (Phi) is 4.10. The first-order chi connectivity index (χ1) is 6.88. The Hall–Kier alpha value is -0.620. The summed E-state index contributed by atoms with van der Waals surface area (Å²) in [5.41, 5.74) is 0. The maximum Gasteiger partial charge on any atom is 0.150 e. The molecule has 84 valence electrons. The SMILES string of the molecule is CS(=O)(=O)CCOc1cc(F)ccc1Br. The normalized spacial score (nSPS) is 11.4. The van der Waals surface area contributed by atoms with Crippen molar-refractivity contribution in [3.63, 3.8) is 0 Å². The minimum absolute atomic E-state index is 0.0148. The van der Waals surface area contributed by atoms with E-state index in [0.717, 1.165) is 6.26 Å². The fourth-order valence-corrected chi connectivity index (χ4v) is 1.64. The van der Waals surface area contributed by atoms with Gasteiger partial charge in [0.05, 0.1) is 10.2 Å². The van der Waals surface area contributed by atoms with E-state index in [2.05, 4.69) is 15.9 Å².